The third-order valence-corrected chi connectivity index (χ3v) is 7.01. The van der Waals surface area contributed by atoms with Crippen LogP contribution in [0, 0.1) is 0 Å². The molecular weight excluding hydrogens is 508 g/mol. The Morgan fingerprint density at radius 2 is 1.40 bits per heavy atom. The number of halogens is 2. The summed E-state index contributed by atoms with van der Waals surface area (Å²) in [4.78, 5) is 23.7. The van der Waals surface area contributed by atoms with Gasteiger partial charge in [-0.25, -0.2) is 0 Å². The average molecular weight is 534 g/mol. The number of ketones is 2. The first kappa shape index (κ1) is 23.0. The highest BCUT2D eigenvalue weighted by Gasteiger charge is 2.35. The third-order valence-electron chi connectivity index (χ3n) is 6.02. The zero-order chi connectivity index (χ0) is 22.3. The van der Waals surface area contributed by atoms with Crippen molar-refractivity contribution in [3.8, 4) is 0 Å². The van der Waals surface area contributed by atoms with Crippen molar-refractivity contribution in [1.29, 1.82) is 0 Å². The first-order chi connectivity index (χ1) is 14.0. The van der Waals surface area contributed by atoms with E-state index in [9.17, 15) is 9.59 Å². The topological polar surface area (TPSA) is 54.4 Å². The van der Waals surface area contributed by atoms with Gasteiger partial charge >= 0.3 is 0 Å². The van der Waals surface area contributed by atoms with E-state index in [0.717, 1.165) is 32.8 Å². The van der Waals surface area contributed by atoms with Gasteiger partial charge in [0.25, 0.3) is 0 Å². The molecule has 2 aliphatic carbocycles. The normalized spacial score (nSPS) is 20.1. The molecule has 0 aromatic heterocycles. The molecule has 158 valence electrons. The van der Waals surface area contributed by atoms with Crippen molar-refractivity contribution < 1.29 is 14.7 Å². The summed E-state index contributed by atoms with van der Waals surface area (Å²) in [5.41, 5.74) is 4.34. The van der Waals surface area contributed by atoms with Crippen molar-refractivity contribution in [2.24, 2.45) is 0 Å². The second kappa shape index (κ2) is 8.43. The lowest BCUT2D eigenvalue weighted by Gasteiger charge is -2.32. The molecule has 2 aromatic rings. The van der Waals surface area contributed by atoms with Crippen molar-refractivity contribution in [3.05, 3.63) is 79.4 Å². The number of aliphatic hydroxyl groups is 1. The summed E-state index contributed by atoms with van der Waals surface area (Å²) in [6.07, 6.45) is 3.15. The van der Waals surface area contributed by atoms with Gasteiger partial charge in [0.2, 0.25) is 0 Å². The van der Waals surface area contributed by atoms with Gasteiger partial charge in [0.15, 0.2) is 11.6 Å². The predicted octanol–water partition coefficient (Wildman–Crippen LogP) is 7.46. The Hall–Kier alpha value is -1.72. The Morgan fingerprint density at radius 3 is 1.97 bits per heavy atom. The molecule has 4 rings (SSSR count). The summed E-state index contributed by atoms with van der Waals surface area (Å²) >= 11 is 6.77. The van der Waals surface area contributed by atoms with Gasteiger partial charge in [0.1, 0.15) is 0 Å². The largest absolute Gasteiger partial charge is 0.515 e. The van der Waals surface area contributed by atoms with Crippen LogP contribution in [0.25, 0.3) is 0 Å². The SMILES string of the molecule is CC1(C)C/C(=C/O)C(=O)c2cc(Br)ccc21.CC1(C)CCC(=O)c2cc(Br)ccc21. The van der Waals surface area contributed by atoms with E-state index in [1.54, 1.807) is 0 Å². The number of carbonyl (C=O) groups is 2. The number of benzene rings is 2. The fraction of sp³-hybridized carbons (Fsp3) is 0.360. The summed E-state index contributed by atoms with van der Waals surface area (Å²) in [5, 5.41) is 9.09. The maximum absolute atomic E-state index is 12.0. The molecule has 0 atom stereocenters. The summed E-state index contributed by atoms with van der Waals surface area (Å²) < 4.78 is 1.87. The van der Waals surface area contributed by atoms with Crippen molar-refractivity contribution in [3.63, 3.8) is 0 Å². The first-order valence-electron chi connectivity index (χ1n) is 9.97. The van der Waals surface area contributed by atoms with E-state index in [0.29, 0.717) is 24.0 Å². The zero-order valence-corrected chi connectivity index (χ0v) is 20.9. The summed E-state index contributed by atoms with van der Waals surface area (Å²) in [6, 6.07) is 11.8. The van der Waals surface area contributed by atoms with Gasteiger partial charge in [-0.2, -0.15) is 0 Å². The number of Topliss-reactive ketones (excluding diaryl/α,β-unsaturated/α-hetero) is 2. The third kappa shape index (κ3) is 4.47. The molecule has 1 N–H and O–H groups in total. The zero-order valence-electron chi connectivity index (χ0n) is 17.7. The minimum atomic E-state index is -0.113. The van der Waals surface area contributed by atoms with Crippen LogP contribution in [-0.4, -0.2) is 16.7 Å². The molecule has 0 bridgehead atoms. The van der Waals surface area contributed by atoms with Crippen LogP contribution in [0.3, 0.4) is 0 Å². The highest BCUT2D eigenvalue weighted by atomic mass is 79.9. The van der Waals surface area contributed by atoms with Crippen LogP contribution in [0.1, 0.15) is 78.8 Å². The lowest BCUT2D eigenvalue weighted by Crippen LogP contribution is -2.29. The lowest BCUT2D eigenvalue weighted by molar-refractivity contribution is 0.0955. The average Bonchev–Trinajstić information content (AvgIpc) is 2.68. The van der Waals surface area contributed by atoms with Crippen molar-refractivity contribution in [2.75, 3.05) is 0 Å². The smallest absolute Gasteiger partial charge is 0.192 e. The molecule has 0 spiro atoms. The number of allylic oxidation sites excluding steroid dienone is 1. The number of hydrogen-bond donors (Lipinski definition) is 1. The summed E-state index contributed by atoms with van der Waals surface area (Å²) in [5.74, 6) is 0.207. The molecule has 0 saturated heterocycles. The monoisotopic (exact) mass is 532 g/mol. The molecule has 3 nitrogen and oxygen atoms in total. The lowest BCUT2D eigenvalue weighted by atomic mass is 9.70. The molecule has 0 amide bonds. The highest BCUT2D eigenvalue weighted by Crippen LogP contribution is 2.40. The number of hydrogen-bond acceptors (Lipinski definition) is 3. The van der Waals surface area contributed by atoms with Crippen LogP contribution in [0.5, 0.6) is 0 Å². The van der Waals surface area contributed by atoms with E-state index in [4.69, 9.17) is 5.11 Å². The van der Waals surface area contributed by atoms with Crippen molar-refractivity contribution in [2.45, 2.75) is 57.8 Å². The maximum atomic E-state index is 12.0. The van der Waals surface area contributed by atoms with Crippen LogP contribution in [0.2, 0.25) is 0 Å². The highest BCUT2D eigenvalue weighted by molar-refractivity contribution is 9.10. The fourth-order valence-electron chi connectivity index (χ4n) is 4.26. The Bertz CT molecular complexity index is 1050. The first-order valence-corrected chi connectivity index (χ1v) is 11.6. The van der Waals surface area contributed by atoms with E-state index < -0.39 is 0 Å². The molecule has 0 heterocycles. The van der Waals surface area contributed by atoms with Crippen LogP contribution in [0.15, 0.2) is 57.2 Å². The number of carbonyl (C=O) groups excluding carboxylic acids is 2. The van der Waals surface area contributed by atoms with Gasteiger partial charge in [-0.3, -0.25) is 9.59 Å². The molecular formula is C25H26Br2O3. The molecule has 0 radical (unpaired) electrons. The molecule has 0 unspecified atom stereocenters. The molecule has 0 fully saturated rings. The van der Waals surface area contributed by atoms with E-state index in [1.165, 1.54) is 5.56 Å². The van der Waals surface area contributed by atoms with Gasteiger partial charge in [-0.05, 0) is 59.1 Å². The van der Waals surface area contributed by atoms with E-state index >= 15 is 0 Å². The van der Waals surface area contributed by atoms with E-state index in [2.05, 4.69) is 65.6 Å². The summed E-state index contributed by atoms with van der Waals surface area (Å²) in [6.45, 7) is 8.56. The van der Waals surface area contributed by atoms with Crippen molar-refractivity contribution >= 4 is 43.4 Å². The van der Waals surface area contributed by atoms with Crippen LogP contribution >= 0.6 is 31.9 Å². The van der Waals surface area contributed by atoms with E-state index in [1.807, 2.05) is 30.3 Å². The Balaban J connectivity index is 0.000000172. The number of rotatable bonds is 0. The molecule has 30 heavy (non-hydrogen) atoms. The molecule has 2 aliphatic rings. The maximum Gasteiger partial charge on any atom is 0.192 e. The molecule has 0 aliphatic heterocycles. The number of fused-ring (bicyclic) bond motifs is 2. The second-order valence-corrected chi connectivity index (χ2v) is 11.1. The minimum absolute atomic E-state index is 0.0712. The van der Waals surface area contributed by atoms with Crippen LogP contribution in [0.4, 0.5) is 0 Å². The molecule has 0 saturated carbocycles. The molecule has 5 heteroatoms. The van der Waals surface area contributed by atoms with Gasteiger partial charge < -0.3 is 5.11 Å². The fourth-order valence-corrected chi connectivity index (χ4v) is 4.98. The van der Waals surface area contributed by atoms with Crippen LogP contribution < -0.4 is 0 Å². The minimum Gasteiger partial charge on any atom is -0.515 e. The van der Waals surface area contributed by atoms with Gasteiger partial charge in [0.05, 0.1) is 6.26 Å². The summed E-state index contributed by atoms with van der Waals surface area (Å²) in [7, 11) is 0. The Morgan fingerprint density at radius 1 is 0.867 bits per heavy atom. The number of aliphatic hydroxyl groups excluding tert-OH is 1. The standard InChI is InChI=1S/C13H13BrO2.C12H13BrO/c1-13(2)6-8(7-15)12(16)10-5-9(14)3-4-11(10)13;1-12(2)6-5-11(14)9-7-8(13)3-4-10(9)12/h3-5,7,15H,6H2,1-2H3;3-4,7H,5-6H2,1-2H3/b8-7-;. The van der Waals surface area contributed by atoms with Crippen LogP contribution in [-0.2, 0) is 10.8 Å². The van der Waals surface area contributed by atoms with E-state index in [-0.39, 0.29) is 22.4 Å². The van der Waals surface area contributed by atoms with Gasteiger partial charge in [-0.15, -0.1) is 0 Å². The second-order valence-electron chi connectivity index (χ2n) is 9.23. The quantitative estimate of drug-likeness (QED) is 0.282. The molecule has 2 aromatic carbocycles. The Kier molecular flexibility index (Phi) is 6.45. The Labute approximate surface area is 194 Å². The van der Waals surface area contributed by atoms with Gasteiger partial charge in [0, 0.05) is 32.1 Å². The predicted molar refractivity (Wildman–Crippen MR) is 128 cm³/mol. The van der Waals surface area contributed by atoms with Gasteiger partial charge in [-0.1, -0.05) is 71.7 Å². The van der Waals surface area contributed by atoms with Crippen molar-refractivity contribution in [1.82, 2.24) is 0 Å².